The van der Waals surface area contributed by atoms with Crippen molar-refractivity contribution in [3.05, 3.63) is 45.9 Å². The number of carbonyl (C=O) groups is 1. The summed E-state index contributed by atoms with van der Waals surface area (Å²) in [7, 11) is 3.03. The fraction of sp³-hybridized carbons (Fsp3) is 0.133. The van der Waals surface area contributed by atoms with Crippen LogP contribution in [0.5, 0.6) is 11.5 Å². The third kappa shape index (κ3) is 2.95. The van der Waals surface area contributed by atoms with Gasteiger partial charge in [0.05, 0.1) is 19.8 Å². The zero-order valence-electron chi connectivity index (χ0n) is 11.6. The number of methoxy groups -OCH3 is 2. The number of ether oxygens (including phenoxy) is 2. The van der Waals surface area contributed by atoms with Crippen molar-refractivity contribution in [3.63, 3.8) is 0 Å². The molecule has 0 fully saturated rings. The molecule has 2 aromatic carbocycles. The summed E-state index contributed by atoms with van der Waals surface area (Å²) in [6.07, 6.45) is 0. The number of hydrogen-bond acceptors (Lipinski definition) is 5. The van der Waals surface area contributed by atoms with Crippen LogP contribution in [0, 0.1) is 0 Å². The first-order valence-electron chi connectivity index (χ1n) is 6.09. The van der Waals surface area contributed by atoms with Crippen LogP contribution in [0.3, 0.4) is 0 Å². The molecular weight excluding hydrogens is 336 g/mol. The fourth-order valence-electron chi connectivity index (χ4n) is 1.98. The Morgan fingerprint density at radius 1 is 1.10 bits per heavy atom. The molecule has 110 valence electrons. The predicted molar refractivity (Wildman–Crippen MR) is 85.9 cm³/mol. The van der Waals surface area contributed by atoms with E-state index < -0.39 is 0 Å². The summed E-state index contributed by atoms with van der Waals surface area (Å²) in [5.41, 5.74) is 13.1. The highest BCUT2D eigenvalue weighted by atomic mass is 79.9. The quantitative estimate of drug-likeness (QED) is 0.653. The molecule has 0 aromatic heterocycles. The van der Waals surface area contributed by atoms with Crippen molar-refractivity contribution >= 4 is 33.1 Å². The van der Waals surface area contributed by atoms with E-state index in [4.69, 9.17) is 20.9 Å². The number of halogens is 1. The van der Waals surface area contributed by atoms with Gasteiger partial charge in [0.2, 0.25) is 0 Å². The molecule has 6 heteroatoms. The van der Waals surface area contributed by atoms with E-state index in [2.05, 4.69) is 15.9 Å². The van der Waals surface area contributed by atoms with E-state index in [1.807, 2.05) is 0 Å². The highest BCUT2D eigenvalue weighted by Gasteiger charge is 2.21. The lowest BCUT2D eigenvalue weighted by molar-refractivity contribution is 0.103. The summed E-state index contributed by atoms with van der Waals surface area (Å²) in [6, 6.07) is 8.13. The van der Waals surface area contributed by atoms with Crippen molar-refractivity contribution in [2.75, 3.05) is 25.7 Å². The first-order chi connectivity index (χ1) is 9.97. The maximum atomic E-state index is 12.7. The van der Waals surface area contributed by atoms with E-state index in [1.54, 1.807) is 37.4 Å². The lowest BCUT2D eigenvalue weighted by Crippen LogP contribution is -2.09. The average Bonchev–Trinajstić information content (AvgIpc) is 2.45. The van der Waals surface area contributed by atoms with Gasteiger partial charge < -0.3 is 20.9 Å². The van der Waals surface area contributed by atoms with Crippen molar-refractivity contribution in [1.82, 2.24) is 0 Å². The van der Waals surface area contributed by atoms with Gasteiger partial charge in [-0.3, -0.25) is 4.79 Å². The van der Waals surface area contributed by atoms with E-state index in [9.17, 15) is 4.79 Å². The molecule has 21 heavy (non-hydrogen) atoms. The Morgan fingerprint density at radius 2 is 1.81 bits per heavy atom. The molecule has 0 aliphatic heterocycles. The van der Waals surface area contributed by atoms with Gasteiger partial charge in [0.15, 0.2) is 5.78 Å². The number of ketones is 1. The van der Waals surface area contributed by atoms with Gasteiger partial charge >= 0.3 is 0 Å². The number of benzene rings is 2. The molecule has 0 aliphatic carbocycles. The van der Waals surface area contributed by atoms with Crippen molar-refractivity contribution in [2.45, 2.75) is 0 Å². The maximum Gasteiger partial charge on any atom is 0.199 e. The third-order valence-electron chi connectivity index (χ3n) is 3.03. The molecule has 4 N–H and O–H groups in total. The molecule has 0 spiro atoms. The van der Waals surface area contributed by atoms with Crippen LogP contribution in [0.25, 0.3) is 0 Å². The number of anilines is 2. The molecule has 5 nitrogen and oxygen atoms in total. The fourth-order valence-corrected chi connectivity index (χ4v) is 2.58. The van der Waals surface area contributed by atoms with Gasteiger partial charge in [-0.15, -0.1) is 0 Å². The molecular formula is C15H15BrN2O3. The molecule has 0 heterocycles. The Labute approximate surface area is 131 Å². The van der Waals surface area contributed by atoms with Crippen molar-refractivity contribution < 1.29 is 14.3 Å². The number of rotatable bonds is 4. The summed E-state index contributed by atoms with van der Waals surface area (Å²) < 4.78 is 11.0. The highest BCUT2D eigenvalue weighted by molar-refractivity contribution is 9.10. The van der Waals surface area contributed by atoms with E-state index in [0.717, 1.165) is 0 Å². The Balaban J connectivity index is 2.57. The first-order valence-corrected chi connectivity index (χ1v) is 6.88. The van der Waals surface area contributed by atoms with Crippen LogP contribution in [-0.2, 0) is 0 Å². The van der Waals surface area contributed by atoms with Gasteiger partial charge in [0.25, 0.3) is 0 Å². The SMILES string of the molecule is COc1cc(Br)c(C(=O)c2ccc(N)cc2N)c(OC)c1. The minimum absolute atomic E-state index is 0.251. The first kappa shape index (κ1) is 15.2. The smallest absolute Gasteiger partial charge is 0.199 e. The van der Waals surface area contributed by atoms with Crippen LogP contribution in [0.2, 0.25) is 0 Å². The summed E-state index contributed by atoms with van der Waals surface area (Å²) in [5, 5.41) is 0. The minimum Gasteiger partial charge on any atom is -0.497 e. The summed E-state index contributed by atoms with van der Waals surface area (Å²) >= 11 is 3.37. The summed E-state index contributed by atoms with van der Waals surface area (Å²) in [4.78, 5) is 12.7. The van der Waals surface area contributed by atoms with Crippen LogP contribution >= 0.6 is 15.9 Å². The van der Waals surface area contributed by atoms with Gasteiger partial charge in [0.1, 0.15) is 11.5 Å². The van der Waals surface area contributed by atoms with Gasteiger partial charge in [-0.05, 0) is 40.2 Å². The number of nitrogen functional groups attached to an aromatic ring is 2. The van der Waals surface area contributed by atoms with E-state index in [0.29, 0.717) is 38.5 Å². The van der Waals surface area contributed by atoms with Crippen molar-refractivity contribution in [1.29, 1.82) is 0 Å². The molecule has 0 atom stereocenters. The second kappa shape index (κ2) is 6.05. The molecule has 0 amide bonds. The second-order valence-electron chi connectivity index (χ2n) is 4.36. The Bertz CT molecular complexity index is 702. The van der Waals surface area contributed by atoms with Crippen molar-refractivity contribution in [3.8, 4) is 11.5 Å². The average molecular weight is 351 g/mol. The van der Waals surface area contributed by atoms with E-state index in [1.165, 1.54) is 7.11 Å². The zero-order valence-corrected chi connectivity index (χ0v) is 13.2. The molecule has 0 radical (unpaired) electrons. The Hall–Kier alpha value is -2.21. The number of nitrogens with two attached hydrogens (primary N) is 2. The lowest BCUT2D eigenvalue weighted by Gasteiger charge is -2.13. The predicted octanol–water partition coefficient (Wildman–Crippen LogP) is 2.86. The van der Waals surface area contributed by atoms with Gasteiger partial charge in [-0.2, -0.15) is 0 Å². The van der Waals surface area contributed by atoms with Gasteiger partial charge in [0, 0.05) is 27.5 Å². The normalized spacial score (nSPS) is 10.2. The minimum atomic E-state index is -0.251. The monoisotopic (exact) mass is 350 g/mol. The third-order valence-corrected chi connectivity index (χ3v) is 3.66. The van der Waals surface area contributed by atoms with Crippen LogP contribution in [0.1, 0.15) is 15.9 Å². The standard InChI is InChI=1S/C15H15BrN2O3/c1-20-9-6-11(16)14(13(7-9)21-2)15(19)10-4-3-8(17)5-12(10)18/h3-7H,17-18H2,1-2H3. The number of carbonyl (C=O) groups excluding carboxylic acids is 1. The van der Waals surface area contributed by atoms with Crippen LogP contribution in [0.4, 0.5) is 11.4 Å². The van der Waals surface area contributed by atoms with Gasteiger partial charge in [-0.25, -0.2) is 0 Å². The van der Waals surface area contributed by atoms with Crippen LogP contribution in [-0.4, -0.2) is 20.0 Å². The number of hydrogen-bond donors (Lipinski definition) is 2. The highest BCUT2D eigenvalue weighted by Crippen LogP contribution is 2.35. The molecule has 0 unspecified atom stereocenters. The summed E-state index contributed by atoms with van der Waals surface area (Å²) in [5.74, 6) is 0.738. The van der Waals surface area contributed by atoms with Crippen molar-refractivity contribution in [2.24, 2.45) is 0 Å². The largest absolute Gasteiger partial charge is 0.497 e. The molecule has 2 aromatic rings. The van der Waals surface area contributed by atoms with Crippen LogP contribution < -0.4 is 20.9 Å². The zero-order chi connectivity index (χ0) is 15.6. The van der Waals surface area contributed by atoms with E-state index in [-0.39, 0.29) is 5.78 Å². The maximum absolute atomic E-state index is 12.7. The molecule has 0 saturated heterocycles. The Morgan fingerprint density at radius 3 is 2.38 bits per heavy atom. The van der Waals surface area contributed by atoms with E-state index >= 15 is 0 Å². The lowest BCUT2D eigenvalue weighted by atomic mass is 10.0. The Kier molecular flexibility index (Phi) is 4.37. The molecule has 0 saturated carbocycles. The molecule has 0 aliphatic rings. The second-order valence-corrected chi connectivity index (χ2v) is 5.22. The topological polar surface area (TPSA) is 87.6 Å². The molecule has 2 rings (SSSR count). The summed E-state index contributed by atoms with van der Waals surface area (Å²) in [6.45, 7) is 0. The van der Waals surface area contributed by atoms with Gasteiger partial charge in [-0.1, -0.05) is 0 Å². The molecule has 0 bridgehead atoms. The van der Waals surface area contributed by atoms with Crippen LogP contribution in [0.15, 0.2) is 34.8 Å².